The third kappa shape index (κ3) is 1.40. The molecule has 0 fully saturated rings. The average Bonchev–Trinajstić information content (AvgIpc) is 2.71. The van der Waals surface area contributed by atoms with E-state index in [2.05, 4.69) is 10.3 Å². The van der Waals surface area contributed by atoms with Crippen molar-refractivity contribution in [3.05, 3.63) is 17.6 Å². The molecule has 0 aliphatic rings. The molecule has 2 N–H and O–H groups in total. The van der Waals surface area contributed by atoms with Gasteiger partial charge in [0.2, 0.25) is 0 Å². The molecule has 2 rings (SSSR count). The van der Waals surface area contributed by atoms with Crippen molar-refractivity contribution in [3.8, 4) is 11.3 Å². The largest absolute Gasteiger partial charge is 0.394 e. The number of hydrogen-bond donors (Lipinski definition) is 1. The number of rotatable bonds is 2. The molecule has 2 aromatic heterocycles. The number of hydrogen-bond acceptors (Lipinski definition) is 4. The van der Waals surface area contributed by atoms with Gasteiger partial charge in [0.05, 0.1) is 17.5 Å². The quantitative estimate of drug-likeness (QED) is 0.812. The van der Waals surface area contributed by atoms with Gasteiger partial charge in [-0.3, -0.25) is 4.68 Å². The zero-order chi connectivity index (χ0) is 11.0. The summed E-state index contributed by atoms with van der Waals surface area (Å²) in [6.07, 6.45) is 1.51. The maximum absolute atomic E-state index is 5.77. The average molecular weight is 206 g/mol. The van der Waals surface area contributed by atoms with E-state index in [0.717, 1.165) is 23.5 Å². The molecule has 0 aliphatic carbocycles. The fraction of sp³-hybridized carbons (Fsp3) is 0.400. The van der Waals surface area contributed by atoms with Crippen LogP contribution in [-0.4, -0.2) is 14.9 Å². The molecule has 0 unspecified atom stereocenters. The van der Waals surface area contributed by atoms with Gasteiger partial charge in [0, 0.05) is 12.2 Å². The monoisotopic (exact) mass is 206 g/mol. The Labute approximate surface area is 87.9 Å². The molecule has 2 heterocycles. The summed E-state index contributed by atoms with van der Waals surface area (Å²) in [5.74, 6) is 0.615. The van der Waals surface area contributed by atoms with Gasteiger partial charge < -0.3 is 10.3 Å². The summed E-state index contributed by atoms with van der Waals surface area (Å²) in [5, 5.41) is 8.08. The third-order valence-electron chi connectivity index (χ3n) is 2.51. The third-order valence-corrected chi connectivity index (χ3v) is 2.51. The lowest BCUT2D eigenvalue weighted by Crippen LogP contribution is -1.98. The van der Waals surface area contributed by atoms with Crippen molar-refractivity contribution < 1.29 is 4.52 Å². The topological polar surface area (TPSA) is 69.9 Å². The van der Waals surface area contributed by atoms with Crippen LogP contribution in [0.25, 0.3) is 11.3 Å². The van der Waals surface area contributed by atoms with Crippen molar-refractivity contribution in [2.24, 2.45) is 0 Å². The van der Waals surface area contributed by atoms with Gasteiger partial charge in [-0.15, -0.1) is 0 Å². The summed E-state index contributed by atoms with van der Waals surface area (Å²) < 4.78 is 7.06. The molecule has 0 spiro atoms. The van der Waals surface area contributed by atoms with E-state index in [1.165, 1.54) is 6.20 Å². The second kappa shape index (κ2) is 3.42. The Bertz CT molecular complexity index is 484. The highest BCUT2D eigenvalue weighted by Gasteiger charge is 2.18. The van der Waals surface area contributed by atoms with E-state index >= 15 is 0 Å². The molecule has 5 nitrogen and oxygen atoms in total. The number of aryl methyl sites for hydroxylation is 2. The highest BCUT2D eigenvalue weighted by Crippen LogP contribution is 2.30. The van der Waals surface area contributed by atoms with Gasteiger partial charge in [0.1, 0.15) is 5.69 Å². The fourth-order valence-electron chi connectivity index (χ4n) is 1.77. The van der Waals surface area contributed by atoms with Crippen LogP contribution in [0.3, 0.4) is 0 Å². The second-order valence-corrected chi connectivity index (χ2v) is 3.47. The minimum atomic E-state index is 0.553. The van der Waals surface area contributed by atoms with Crippen LogP contribution in [0.2, 0.25) is 0 Å². The number of nitrogen functional groups attached to an aromatic ring is 1. The van der Waals surface area contributed by atoms with Crippen LogP contribution in [0, 0.1) is 13.8 Å². The van der Waals surface area contributed by atoms with Gasteiger partial charge in [0.15, 0.2) is 5.76 Å². The van der Waals surface area contributed by atoms with E-state index in [9.17, 15) is 0 Å². The maximum Gasteiger partial charge on any atom is 0.193 e. The Hall–Kier alpha value is -1.78. The lowest BCUT2D eigenvalue weighted by Gasteiger charge is -1.99. The summed E-state index contributed by atoms with van der Waals surface area (Å²) in [7, 11) is 0. The van der Waals surface area contributed by atoms with Gasteiger partial charge in [-0.1, -0.05) is 5.16 Å². The number of nitrogens with zero attached hydrogens (tertiary/aromatic N) is 3. The first-order chi connectivity index (χ1) is 7.15. The van der Waals surface area contributed by atoms with Crippen LogP contribution in [-0.2, 0) is 6.54 Å². The molecule has 5 heteroatoms. The lowest BCUT2D eigenvalue weighted by molar-refractivity contribution is 0.432. The van der Waals surface area contributed by atoms with E-state index in [4.69, 9.17) is 10.3 Å². The van der Waals surface area contributed by atoms with Crippen LogP contribution in [0.15, 0.2) is 10.7 Å². The minimum absolute atomic E-state index is 0.553. The molecule has 0 saturated heterocycles. The molecule has 0 bridgehead atoms. The molecule has 0 atom stereocenters. The summed E-state index contributed by atoms with van der Waals surface area (Å²) in [4.78, 5) is 0. The highest BCUT2D eigenvalue weighted by molar-refractivity contribution is 5.73. The standard InChI is InChI=1S/C10H14N4O/c1-4-14-7(3)9(6(2)13-14)10-8(11)5-12-15-10/h5H,4,11H2,1-3H3. The predicted octanol–water partition coefficient (Wildman–Crippen LogP) is 1.76. The van der Waals surface area contributed by atoms with Gasteiger partial charge >= 0.3 is 0 Å². The fourth-order valence-corrected chi connectivity index (χ4v) is 1.77. The zero-order valence-corrected chi connectivity index (χ0v) is 9.11. The summed E-state index contributed by atoms with van der Waals surface area (Å²) in [6, 6.07) is 0. The smallest absolute Gasteiger partial charge is 0.193 e. The van der Waals surface area contributed by atoms with Crippen molar-refractivity contribution in [1.82, 2.24) is 14.9 Å². The Morgan fingerprint density at radius 3 is 2.67 bits per heavy atom. The number of anilines is 1. The van der Waals surface area contributed by atoms with Crippen LogP contribution in [0.5, 0.6) is 0 Å². The summed E-state index contributed by atoms with van der Waals surface area (Å²) in [6.45, 7) is 6.82. The Morgan fingerprint density at radius 2 is 2.20 bits per heavy atom. The van der Waals surface area contributed by atoms with Gasteiger partial charge in [-0.2, -0.15) is 5.10 Å². The van der Waals surface area contributed by atoms with Crippen molar-refractivity contribution in [2.45, 2.75) is 27.3 Å². The molecule has 15 heavy (non-hydrogen) atoms. The van der Waals surface area contributed by atoms with Crippen LogP contribution in [0.1, 0.15) is 18.3 Å². The summed E-state index contributed by atoms with van der Waals surface area (Å²) in [5.41, 5.74) is 9.24. The van der Waals surface area contributed by atoms with Gasteiger partial charge in [-0.25, -0.2) is 0 Å². The number of aromatic nitrogens is 3. The molecule has 0 aromatic carbocycles. The van der Waals surface area contributed by atoms with E-state index in [-0.39, 0.29) is 0 Å². The zero-order valence-electron chi connectivity index (χ0n) is 9.11. The van der Waals surface area contributed by atoms with Crippen molar-refractivity contribution in [3.63, 3.8) is 0 Å². The van der Waals surface area contributed by atoms with Gasteiger partial charge in [0.25, 0.3) is 0 Å². The van der Waals surface area contributed by atoms with Crippen molar-refractivity contribution in [1.29, 1.82) is 0 Å². The maximum atomic E-state index is 5.77. The molecular formula is C10H14N4O. The van der Waals surface area contributed by atoms with Crippen molar-refractivity contribution in [2.75, 3.05) is 5.73 Å². The van der Waals surface area contributed by atoms with Crippen LogP contribution < -0.4 is 5.73 Å². The SMILES string of the molecule is CCn1nc(C)c(-c2oncc2N)c1C. The molecule has 0 saturated carbocycles. The van der Waals surface area contributed by atoms with E-state index in [0.29, 0.717) is 11.4 Å². The first-order valence-electron chi connectivity index (χ1n) is 4.89. The minimum Gasteiger partial charge on any atom is -0.394 e. The second-order valence-electron chi connectivity index (χ2n) is 3.47. The summed E-state index contributed by atoms with van der Waals surface area (Å²) >= 11 is 0. The van der Waals surface area contributed by atoms with E-state index in [1.54, 1.807) is 0 Å². The molecule has 0 amide bonds. The Balaban J connectivity index is 2.63. The highest BCUT2D eigenvalue weighted by atomic mass is 16.5. The van der Waals surface area contributed by atoms with E-state index < -0.39 is 0 Å². The molecule has 2 aromatic rings. The van der Waals surface area contributed by atoms with Crippen molar-refractivity contribution >= 4 is 5.69 Å². The molecule has 0 radical (unpaired) electrons. The molecule has 0 aliphatic heterocycles. The van der Waals surface area contributed by atoms with E-state index in [1.807, 2.05) is 25.5 Å². The normalized spacial score (nSPS) is 10.9. The Morgan fingerprint density at radius 1 is 1.47 bits per heavy atom. The Kier molecular flexibility index (Phi) is 2.22. The van der Waals surface area contributed by atoms with Gasteiger partial charge in [-0.05, 0) is 20.8 Å². The first kappa shape index (κ1) is 9.76. The lowest BCUT2D eigenvalue weighted by atomic mass is 10.1. The molecular weight excluding hydrogens is 192 g/mol. The molecule has 80 valence electrons. The van der Waals surface area contributed by atoms with Crippen LogP contribution in [0.4, 0.5) is 5.69 Å². The first-order valence-corrected chi connectivity index (χ1v) is 4.89. The van der Waals surface area contributed by atoms with Crippen LogP contribution >= 0.6 is 0 Å². The predicted molar refractivity (Wildman–Crippen MR) is 57.3 cm³/mol. The number of nitrogens with two attached hydrogens (primary N) is 1.